The third-order valence-electron chi connectivity index (χ3n) is 5.96. The Labute approximate surface area is 170 Å². The average Bonchev–Trinajstić information content (AvgIpc) is 3.03. The van der Waals surface area contributed by atoms with Gasteiger partial charge in [0.25, 0.3) is 5.79 Å². The van der Waals surface area contributed by atoms with Crippen molar-refractivity contribution in [2.24, 2.45) is 11.8 Å². The van der Waals surface area contributed by atoms with Gasteiger partial charge in [-0.15, -0.1) is 0 Å². The molecule has 1 aliphatic rings. The zero-order valence-electron chi connectivity index (χ0n) is 17.8. The number of rotatable bonds is 16. The van der Waals surface area contributed by atoms with Crippen molar-refractivity contribution in [3.8, 4) is 0 Å². The lowest BCUT2D eigenvalue weighted by molar-refractivity contribution is -0.216. The van der Waals surface area contributed by atoms with Gasteiger partial charge in [-0.1, -0.05) is 64.0 Å². The number of allylic oxidation sites excluding steroid dienone is 2. The summed E-state index contributed by atoms with van der Waals surface area (Å²) < 4.78 is 4.70. The highest BCUT2D eigenvalue weighted by Gasteiger charge is 2.35. The molecule has 1 saturated carbocycles. The zero-order chi connectivity index (χ0) is 20.8. The van der Waals surface area contributed by atoms with Crippen LogP contribution >= 0.6 is 0 Å². The van der Waals surface area contributed by atoms with Crippen LogP contribution in [0.15, 0.2) is 12.2 Å². The number of carbonyl (C=O) groups excluding carboxylic acids is 1. The van der Waals surface area contributed by atoms with Gasteiger partial charge in [-0.25, -0.2) is 4.79 Å². The van der Waals surface area contributed by atoms with E-state index in [0.29, 0.717) is 24.5 Å². The van der Waals surface area contributed by atoms with E-state index in [4.69, 9.17) is 9.84 Å². The van der Waals surface area contributed by atoms with Crippen LogP contribution in [0.25, 0.3) is 0 Å². The molecule has 1 unspecified atom stereocenters. The van der Waals surface area contributed by atoms with E-state index in [0.717, 1.165) is 32.1 Å². The maximum Gasteiger partial charge on any atom is 0.364 e. The highest BCUT2D eigenvalue weighted by Crippen LogP contribution is 2.34. The minimum absolute atomic E-state index is 0.0685. The van der Waals surface area contributed by atoms with Crippen LogP contribution in [0, 0.1) is 11.8 Å². The van der Waals surface area contributed by atoms with E-state index in [-0.39, 0.29) is 12.3 Å². The molecule has 0 heterocycles. The van der Waals surface area contributed by atoms with Gasteiger partial charge in [-0.05, 0) is 38.0 Å². The van der Waals surface area contributed by atoms with Crippen LogP contribution in [0.2, 0.25) is 0 Å². The first-order valence-electron chi connectivity index (χ1n) is 11.1. The van der Waals surface area contributed by atoms with Gasteiger partial charge < -0.3 is 14.9 Å². The third kappa shape index (κ3) is 8.87. The second-order valence-corrected chi connectivity index (χ2v) is 8.15. The summed E-state index contributed by atoms with van der Waals surface area (Å²) in [6.45, 7) is 2.23. The number of carboxylic acid groups (broad SMARTS) is 1. The topological polar surface area (TPSA) is 83.8 Å². The van der Waals surface area contributed by atoms with Crippen LogP contribution in [-0.2, 0) is 14.3 Å². The first-order valence-corrected chi connectivity index (χ1v) is 11.1. The Hall–Kier alpha value is -1.20. The van der Waals surface area contributed by atoms with Crippen molar-refractivity contribution in [3.05, 3.63) is 12.2 Å². The van der Waals surface area contributed by atoms with Crippen LogP contribution in [0.5, 0.6) is 0 Å². The smallest absolute Gasteiger partial charge is 0.364 e. The second kappa shape index (κ2) is 13.9. The number of unbranched alkanes of at least 4 members (excludes halogenated alkanes) is 8. The standard InChI is InChI=1S/C23H40O5/c1-3-4-5-6-7-8-9-11-14-19-16-17-21(24)20(19)15-12-10-13-18-23(27,28-2)22(25)26/h11,14,19-20,27H,3-10,12-13,15-18H2,1-2H3,(H,25,26)/t19-,20+,23?/m0/s1. The van der Waals surface area contributed by atoms with Gasteiger partial charge in [0.05, 0.1) is 0 Å². The highest BCUT2D eigenvalue weighted by molar-refractivity contribution is 5.83. The fourth-order valence-electron chi connectivity index (χ4n) is 4.06. The molecule has 0 radical (unpaired) electrons. The number of aliphatic carboxylic acids is 1. The van der Waals surface area contributed by atoms with Crippen LogP contribution in [0.3, 0.4) is 0 Å². The molecular formula is C23H40O5. The van der Waals surface area contributed by atoms with Crippen molar-refractivity contribution in [1.82, 2.24) is 0 Å². The number of Topliss-reactive ketones (excluding diaryl/α,β-unsaturated/α-hetero) is 1. The molecule has 0 aliphatic heterocycles. The molecule has 5 heteroatoms. The van der Waals surface area contributed by atoms with Gasteiger partial charge in [-0.3, -0.25) is 4.79 Å². The molecule has 1 rings (SSSR count). The SMILES string of the molecule is CCCCCCCCC=C[C@H]1CCC(=O)[C@@H]1CCCCCC(O)(OC)C(=O)O. The summed E-state index contributed by atoms with van der Waals surface area (Å²) in [6.07, 6.45) is 18.2. The molecule has 0 aromatic carbocycles. The molecule has 2 N–H and O–H groups in total. The molecular weight excluding hydrogens is 356 g/mol. The Morgan fingerprint density at radius 1 is 1.14 bits per heavy atom. The van der Waals surface area contributed by atoms with Crippen molar-refractivity contribution < 1.29 is 24.5 Å². The number of hydrogen-bond acceptors (Lipinski definition) is 4. The lowest BCUT2D eigenvalue weighted by atomic mass is 9.89. The summed E-state index contributed by atoms with van der Waals surface area (Å²) in [5.74, 6) is -2.60. The molecule has 1 fully saturated rings. The first-order chi connectivity index (χ1) is 13.4. The minimum Gasteiger partial charge on any atom is -0.477 e. The van der Waals surface area contributed by atoms with E-state index >= 15 is 0 Å². The summed E-state index contributed by atoms with van der Waals surface area (Å²) in [5.41, 5.74) is 0. The van der Waals surface area contributed by atoms with Crippen molar-refractivity contribution >= 4 is 11.8 Å². The molecule has 1 aliphatic carbocycles. The predicted molar refractivity (Wildman–Crippen MR) is 111 cm³/mol. The van der Waals surface area contributed by atoms with Gasteiger partial charge in [0, 0.05) is 25.9 Å². The molecule has 3 atom stereocenters. The zero-order valence-corrected chi connectivity index (χ0v) is 17.8. The Morgan fingerprint density at radius 3 is 2.50 bits per heavy atom. The largest absolute Gasteiger partial charge is 0.477 e. The van der Waals surface area contributed by atoms with E-state index in [1.165, 1.54) is 45.6 Å². The maximum atomic E-state index is 12.2. The Kier molecular flexibility index (Phi) is 12.3. The molecule has 28 heavy (non-hydrogen) atoms. The van der Waals surface area contributed by atoms with Crippen molar-refractivity contribution in [2.75, 3.05) is 7.11 Å². The molecule has 162 valence electrons. The molecule has 0 bridgehead atoms. The number of aliphatic hydroxyl groups is 1. The normalized spacial score (nSPS) is 22.0. The Bertz CT molecular complexity index is 487. The summed E-state index contributed by atoms with van der Waals surface area (Å²) >= 11 is 0. The number of carboxylic acids is 1. The summed E-state index contributed by atoms with van der Waals surface area (Å²) in [6, 6.07) is 0. The van der Waals surface area contributed by atoms with Crippen LogP contribution in [0.1, 0.15) is 96.8 Å². The number of ether oxygens (including phenoxy) is 1. The molecule has 0 saturated heterocycles. The molecule has 0 amide bonds. The average molecular weight is 397 g/mol. The number of hydrogen-bond donors (Lipinski definition) is 2. The van der Waals surface area contributed by atoms with E-state index in [2.05, 4.69) is 19.1 Å². The molecule has 0 spiro atoms. The molecule has 0 aromatic heterocycles. The van der Waals surface area contributed by atoms with E-state index < -0.39 is 11.8 Å². The van der Waals surface area contributed by atoms with Gasteiger partial charge in [-0.2, -0.15) is 0 Å². The van der Waals surface area contributed by atoms with Crippen LogP contribution in [-0.4, -0.2) is 34.9 Å². The summed E-state index contributed by atoms with van der Waals surface area (Å²) in [4.78, 5) is 23.2. The monoisotopic (exact) mass is 396 g/mol. The Morgan fingerprint density at radius 2 is 1.82 bits per heavy atom. The van der Waals surface area contributed by atoms with E-state index in [1.54, 1.807) is 0 Å². The fourth-order valence-corrected chi connectivity index (χ4v) is 4.06. The van der Waals surface area contributed by atoms with Crippen molar-refractivity contribution in [3.63, 3.8) is 0 Å². The lowest BCUT2D eigenvalue weighted by Gasteiger charge is -2.21. The van der Waals surface area contributed by atoms with Gasteiger partial charge in [0.15, 0.2) is 0 Å². The first kappa shape index (κ1) is 24.8. The van der Waals surface area contributed by atoms with Crippen LogP contribution < -0.4 is 0 Å². The van der Waals surface area contributed by atoms with Gasteiger partial charge in [0.1, 0.15) is 5.78 Å². The highest BCUT2D eigenvalue weighted by atomic mass is 16.6. The van der Waals surface area contributed by atoms with E-state index in [1.807, 2.05) is 0 Å². The summed E-state index contributed by atoms with van der Waals surface area (Å²) in [7, 11) is 1.20. The maximum absolute atomic E-state index is 12.2. The lowest BCUT2D eigenvalue weighted by Crippen LogP contribution is -2.40. The third-order valence-corrected chi connectivity index (χ3v) is 5.96. The van der Waals surface area contributed by atoms with E-state index in [9.17, 15) is 14.7 Å². The quantitative estimate of drug-likeness (QED) is 0.211. The fraction of sp³-hybridized carbons (Fsp3) is 0.826. The number of ketones is 1. The minimum atomic E-state index is -2.09. The van der Waals surface area contributed by atoms with Gasteiger partial charge in [0.2, 0.25) is 0 Å². The summed E-state index contributed by atoms with van der Waals surface area (Å²) in [5, 5.41) is 18.8. The van der Waals surface area contributed by atoms with Crippen molar-refractivity contribution in [2.45, 2.75) is 103 Å². The Balaban J connectivity index is 2.24. The molecule has 0 aromatic rings. The van der Waals surface area contributed by atoms with Crippen molar-refractivity contribution in [1.29, 1.82) is 0 Å². The molecule has 5 nitrogen and oxygen atoms in total. The second-order valence-electron chi connectivity index (χ2n) is 8.15. The number of carbonyl (C=O) groups is 2. The number of methoxy groups -OCH3 is 1. The predicted octanol–water partition coefficient (Wildman–Crippen LogP) is 5.26. The van der Waals surface area contributed by atoms with Gasteiger partial charge >= 0.3 is 5.97 Å². The van der Waals surface area contributed by atoms with Crippen LogP contribution in [0.4, 0.5) is 0 Å².